The third kappa shape index (κ3) is 3.24. The molecule has 0 radical (unpaired) electrons. The summed E-state index contributed by atoms with van der Waals surface area (Å²) in [5, 5.41) is 8.60. The standard InChI is InChI=1S/C14H13NS/c15-14(11-12-7-3-1-4-8-12)16-13-9-5-2-6-10-13/h1-10,15H,11H2. The molecule has 0 bridgehead atoms. The Bertz CT molecular complexity index is 407. The average Bonchev–Trinajstić information content (AvgIpc) is 2.31. The predicted molar refractivity (Wildman–Crippen MR) is 70.2 cm³/mol. The Balaban J connectivity index is 1.95. The second kappa shape index (κ2) is 5.52. The van der Waals surface area contributed by atoms with Crippen molar-refractivity contribution in [3.8, 4) is 0 Å². The summed E-state index contributed by atoms with van der Waals surface area (Å²) in [6, 6.07) is 20.2. The molecular formula is C14H13NS. The topological polar surface area (TPSA) is 23.9 Å². The van der Waals surface area contributed by atoms with Gasteiger partial charge in [0, 0.05) is 11.3 Å². The van der Waals surface area contributed by atoms with E-state index in [-0.39, 0.29) is 0 Å². The third-order valence-electron chi connectivity index (χ3n) is 2.19. The monoisotopic (exact) mass is 227 g/mol. The molecule has 80 valence electrons. The molecule has 0 saturated heterocycles. The van der Waals surface area contributed by atoms with Gasteiger partial charge in [-0.3, -0.25) is 5.41 Å². The van der Waals surface area contributed by atoms with Crippen molar-refractivity contribution in [3.63, 3.8) is 0 Å². The molecule has 2 heteroatoms. The number of rotatable bonds is 3. The van der Waals surface area contributed by atoms with E-state index in [4.69, 9.17) is 5.41 Å². The Morgan fingerprint density at radius 3 is 2.06 bits per heavy atom. The number of nitrogens with one attached hydrogen (secondary N) is 1. The van der Waals surface area contributed by atoms with Gasteiger partial charge in [-0.05, 0) is 17.7 Å². The maximum absolute atomic E-state index is 7.93. The SMILES string of the molecule is N=C(Cc1ccccc1)Sc1ccccc1. The van der Waals surface area contributed by atoms with Crippen LogP contribution in [0.1, 0.15) is 5.56 Å². The molecule has 0 aliphatic heterocycles. The maximum atomic E-state index is 7.93. The minimum absolute atomic E-state index is 0.678. The van der Waals surface area contributed by atoms with E-state index in [1.54, 1.807) is 0 Å². The molecule has 2 rings (SSSR count). The van der Waals surface area contributed by atoms with Crippen LogP contribution in [0.5, 0.6) is 0 Å². The van der Waals surface area contributed by atoms with Crippen molar-refractivity contribution in [1.82, 2.24) is 0 Å². The Labute approximate surface area is 100 Å². The van der Waals surface area contributed by atoms with Crippen LogP contribution in [-0.4, -0.2) is 5.04 Å². The van der Waals surface area contributed by atoms with E-state index in [0.29, 0.717) is 11.5 Å². The zero-order chi connectivity index (χ0) is 11.2. The normalized spacial score (nSPS) is 10.0. The van der Waals surface area contributed by atoms with Gasteiger partial charge in [-0.25, -0.2) is 0 Å². The quantitative estimate of drug-likeness (QED) is 0.478. The largest absolute Gasteiger partial charge is 0.298 e. The Hall–Kier alpha value is -1.54. The average molecular weight is 227 g/mol. The lowest BCUT2D eigenvalue weighted by molar-refractivity contribution is 1.31. The van der Waals surface area contributed by atoms with Crippen molar-refractivity contribution in [2.75, 3.05) is 0 Å². The molecule has 2 aromatic rings. The van der Waals surface area contributed by atoms with E-state index in [1.807, 2.05) is 48.5 Å². The smallest absolute Gasteiger partial charge is 0.0733 e. The summed E-state index contributed by atoms with van der Waals surface area (Å²) in [6.45, 7) is 0. The summed E-state index contributed by atoms with van der Waals surface area (Å²) in [7, 11) is 0. The highest BCUT2D eigenvalue weighted by molar-refractivity contribution is 8.13. The van der Waals surface area contributed by atoms with Crippen molar-refractivity contribution >= 4 is 16.8 Å². The van der Waals surface area contributed by atoms with Crippen LogP contribution in [0.15, 0.2) is 65.6 Å². The van der Waals surface area contributed by atoms with Crippen molar-refractivity contribution < 1.29 is 0 Å². The summed E-state index contributed by atoms with van der Waals surface area (Å²) in [5.74, 6) is 0. The summed E-state index contributed by atoms with van der Waals surface area (Å²) >= 11 is 1.52. The van der Waals surface area contributed by atoms with Crippen molar-refractivity contribution in [1.29, 1.82) is 5.41 Å². The Kier molecular flexibility index (Phi) is 3.78. The molecule has 0 unspecified atom stereocenters. The first-order valence-electron chi connectivity index (χ1n) is 5.19. The molecule has 0 aliphatic carbocycles. The van der Waals surface area contributed by atoms with Gasteiger partial charge < -0.3 is 0 Å². The van der Waals surface area contributed by atoms with Gasteiger partial charge in [0.05, 0.1) is 5.04 Å². The molecule has 0 amide bonds. The van der Waals surface area contributed by atoms with Gasteiger partial charge in [0.25, 0.3) is 0 Å². The second-order valence-electron chi connectivity index (χ2n) is 3.50. The molecule has 0 aliphatic rings. The van der Waals surface area contributed by atoms with Crippen LogP contribution in [0, 0.1) is 5.41 Å². The van der Waals surface area contributed by atoms with Crippen molar-refractivity contribution in [2.24, 2.45) is 0 Å². The molecule has 1 N–H and O–H groups in total. The van der Waals surface area contributed by atoms with E-state index < -0.39 is 0 Å². The van der Waals surface area contributed by atoms with Gasteiger partial charge in [0.15, 0.2) is 0 Å². The predicted octanol–water partition coefficient (Wildman–Crippen LogP) is 4.00. The molecular weight excluding hydrogens is 214 g/mol. The first-order valence-corrected chi connectivity index (χ1v) is 6.00. The lowest BCUT2D eigenvalue weighted by atomic mass is 10.2. The molecule has 0 aromatic heterocycles. The van der Waals surface area contributed by atoms with Crippen LogP contribution in [-0.2, 0) is 6.42 Å². The highest BCUT2D eigenvalue weighted by atomic mass is 32.2. The van der Waals surface area contributed by atoms with Crippen molar-refractivity contribution in [2.45, 2.75) is 11.3 Å². The van der Waals surface area contributed by atoms with Gasteiger partial charge in [-0.15, -0.1) is 0 Å². The first-order chi connectivity index (χ1) is 7.84. The fourth-order valence-corrected chi connectivity index (χ4v) is 2.26. The molecule has 2 aromatic carbocycles. The molecule has 1 nitrogen and oxygen atoms in total. The highest BCUT2D eigenvalue weighted by Gasteiger charge is 2.01. The molecule has 16 heavy (non-hydrogen) atoms. The summed E-state index contributed by atoms with van der Waals surface area (Å²) in [6.07, 6.45) is 0.709. The summed E-state index contributed by atoms with van der Waals surface area (Å²) in [5.41, 5.74) is 1.19. The van der Waals surface area contributed by atoms with E-state index >= 15 is 0 Å². The van der Waals surface area contributed by atoms with Crippen LogP contribution < -0.4 is 0 Å². The number of benzene rings is 2. The van der Waals surface area contributed by atoms with Crippen LogP contribution in [0.25, 0.3) is 0 Å². The van der Waals surface area contributed by atoms with E-state index in [1.165, 1.54) is 17.3 Å². The molecule has 0 spiro atoms. The first kappa shape index (κ1) is 11.0. The van der Waals surface area contributed by atoms with Crippen LogP contribution >= 0.6 is 11.8 Å². The van der Waals surface area contributed by atoms with Crippen LogP contribution in [0.3, 0.4) is 0 Å². The maximum Gasteiger partial charge on any atom is 0.0733 e. The fraction of sp³-hybridized carbons (Fsp3) is 0.0714. The number of hydrogen-bond acceptors (Lipinski definition) is 2. The van der Waals surface area contributed by atoms with Gasteiger partial charge >= 0.3 is 0 Å². The lowest BCUT2D eigenvalue weighted by Crippen LogP contribution is -1.95. The fourth-order valence-electron chi connectivity index (χ4n) is 1.45. The highest BCUT2D eigenvalue weighted by Crippen LogP contribution is 2.20. The third-order valence-corrected chi connectivity index (χ3v) is 3.09. The second-order valence-corrected chi connectivity index (χ2v) is 4.67. The zero-order valence-corrected chi connectivity index (χ0v) is 9.71. The minimum Gasteiger partial charge on any atom is -0.298 e. The molecule has 0 heterocycles. The number of hydrogen-bond donors (Lipinski definition) is 1. The van der Waals surface area contributed by atoms with Crippen LogP contribution in [0.2, 0.25) is 0 Å². The van der Waals surface area contributed by atoms with Gasteiger partial charge in [-0.2, -0.15) is 0 Å². The van der Waals surface area contributed by atoms with E-state index in [9.17, 15) is 0 Å². The number of thioether (sulfide) groups is 1. The van der Waals surface area contributed by atoms with E-state index in [2.05, 4.69) is 12.1 Å². The zero-order valence-electron chi connectivity index (χ0n) is 8.89. The van der Waals surface area contributed by atoms with Crippen LogP contribution in [0.4, 0.5) is 0 Å². The van der Waals surface area contributed by atoms with E-state index in [0.717, 1.165) is 4.90 Å². The minimum atomic E-state index is 0.678. The molecule has 0 fully saturated rings. The Morgan fingerprint density at radius 1 is 0.875 bits per heavy atom. The van der Waals surface area contributed by atoms with Crippen molar-refractivity contribution in [3.05, 3.63) is 66.2 Å². The molecule has 0 saturated carbocycles. The van der Waals surface area contributed by atoms with Gasteiger partial charge in [0.2, 0.25) is 0 Å². The summed E-state index contributed by atoms with van der Waals surface area (Å²) < 4.78 is 0. The Morgan fingerprint density at radius 2 is 1.44 bits per heavy atom. The van der Waals surface area contributed by atoms with Gasteiger partial charge in [-0.1, -0.05) is 60.3 Å². The lowest BCUT2D eigenvalue weighted by Gasteiger charge is -2.03. The molecule has 0 atom stereocenters. The van der Waals surface area contributed by atoms with Gasteiger partial charge in [0.1, 0.15) is 0 Å². The summed E-state index contributed by atoms with van der Waals surface area (Å²) in [4.78, 5) is 1.13.